The van der Waals surface area contributed by atoms with Gasteiger partial charge in [-0.25, -0.2) is 0 Å². The van der Waals surface area contributed by atoms with Gasteiger partial charge in [0.05, 0.1) is 10.0 Å². The SMILES string of the molecule is CNCCCN1CC(C(=O)NC(C)CCc2ccc(Cl)c(Cl)c2)C(=O)C1=O. The number of nitrogens with zero attached hydrogens (tertiary/aromatic N) is 1. The minimum Gasteiger partial charge on any atom is -0.353 e. The Morgan fingerprint density at radius 3 is 2.70 bits per heavy atom. The molecule has 1 fully saturated rings. The number of carbonyl (C=O) groups excluding carboxylic acids is 3. The summed E-state index contributed by atoms with van der Waals surface area (Å²) in [6.45, 7) is 3.26. The molecule has 1 saturated heterocycles. The molecular weight excluding hydrogens is 389 g/mol. The molecule has 2 N–H and O–H groups in total. The number of ketones is 1. The van der Waals surface area contributed by atoms with Crippen LogP contribution in [-0.4, -0.2) is 55.2 Å². The number of aryl methyl sites for hydroxylation is 1. The molecule has 1 aliphatic rings. The Morgan fingerprint density at radius 2 is 2.04 bits per heavy atom. The summed E-state index contributed by atoms with van der Waals surface area (Å²) in [5.74, 6) is -2.48. The van der Waals surface area contributed by atoms with Gasteiger partial charge in [-0.2, -0.15) is 0 Å². The number of rotatable bonds is 9. The molecule has 0 spiro atoms. The number of halogens is 2. The zero-order chi connectivity index (χ0) is 20.0. The van der Waals surface area contributed by atoms with Gasteiger partial charge < -0.3 is 15.5 Å². The van der Waals surface area contributed by atoms with Crippen LogP contribution in [0.4, 0.5) is 0 Å². The zero-order valence-electron chi connectivity index (χ0n) is 15.6. The van der Waals surface area contributed by atoms with Crippen LogP contribution < -0.4 is 10.6 Å². The summed E-state index contributed by atoms with van der Waals surface area (Å²) in [7, 11) is 1.83. The van der Waals surface area contributed by atoms with E-state index in [0.29, 0.717) is 29.4 Å². The van der Waals surface area contributed by atoms with E-state index in [2.05, 4.69) is 10.6 Å². The Bertz CT molecular complexity index is 711. The van der Waals surface area contributed by atoms with Gasteiger partial charge >= 0.3 is 0 Å². The highest BCUT2D eigenvalue weighted by atomic mass is 35.5. The molecular formula is C19H25Cl2N3O3. The fourth-order valence-corrected chi connectivity index (χ4v) is 3.35. The average Bonchev–Trinajstić information content (AvgIpc) is 2.91. The summed E-state index contributed by atoms with van der Waals surface area (Å²) < 4.78 is 0. The van der Waals surface area contributed by atoms with Crippen molar-refractivity contribution in [3.8, 4) is 0 Å². The lowest BCUT2D eigenvalue weighted by atomic mass is 10.0. The Labute approximate surface area is 169 Å². The monoisotopic (exact) mass is 413 g/mol. The van der Waals surface area contributed by atoms with Crippen LogP contribution in [0.25, 0.3) is 0 Å². The molecule has 0 aromatic heterocycles. The molecule has 1 heterocycles. The van der Waals surface area contributed by atoms with Gasteiger partial charge in [0, 0.05) is 19.1 Å². The molecule has 8 heteroatoms. The Kier molecular flexibility index (Phi) is 8.07. The predicted molar refractivity (Wildman–Crippen MR) is 106 cm³/mol. The predicted octanol–water partition coefficient (Wildman–Crippen LogP) is 2.07. The van der Waals surface area contributed by atoms with Gasteiger partial charge in [0.1, 0.15) is 5.92 Å². The van der Waals surface area contributed by atoms with Crippen molar-refractivity contribution in [3.63, 3.8) is 0 Å². The summed E-state index contributed by atoms with van der Waals surface area (Å²) in [5, 5.41) is 6.85. The maximum absolute atomic E-state index is 12.4. The average molecular weight is 414 g/mol. The summed E-state index contributed by atoms with van der Waals surface area (Å²) in [6, 6.07) is 5.31. The first-order chi connectivity index (χ1) is 12.8. The molecule has 6 nitrogen and oxygen atoms in total. The van der Waals surface area contributed by atoms with Crippen LogP contribution in [0.3, 0.4) is 0 Å². The second-order valence-corrected chi connectivity index (χ2v) is 7.64. The lowest BCUT2D eigenvalue weighted by molar-refractivity contribution is -0.142. The minimum absolute atomic E-state index is 0.131. The molecule has 2 rings (SSSR count). The van der Waals surface area contributed by atoms with Gasteiger partial charge in [-0.15, -0.1) is 0 Å². The van der Waals surface area contributed by atoms with Gasteiger partial charge in [-0.3, -0.25) is 14.4 Å². The maximum atomic E-state index is 12.4. The highest BCUT2D eigenvalue weighted by Gasteiger charge is 2.42. The highest BCUT2D eigenvalue weighted by Crippen LogP contribution is 2.23. The molecule has 148 valence electrons. The number of likely N-dealkylation sites (tertiary alicyclic amines) is 1. The van der Waals surface area contributed by atoms with Gasteiger partial charge in [0.25, 0.3) is 5.91 Å². The van der Waals surface area contributed by atoms with Crippen molar-refractivity contribution in [2.24, 2.45) is 5.92 Å². The van der Waals surface area contributed by atoms with Crippen molar-refractivity contribution >= 4 is 40.8 Å². The molecule has 0 aliphatic carbocycles. The summed E-state index contributed by atoms with van der Waals surface area (Å²) in [5.41, 5.74) is 1.02. The number of hydrogen-bond acceptors (Lipinski definition) is 4. The van der Waals surface area contributed by atoms with Gasteiger partial charge in [0.2, 0.25) is 11.7 Å². The Hall–Kier alpha value is -1.63. The topological polar surface area (TPSA) is 78.5 Å². The van der Waals surface area contributed by atoms with Crippen molar-refractivity contribution in [3.05, 3.63) is 33.8 Å². The lowest BCUT2D eigenvalue weighted by Gasteiger charge is -2.17. The first kappa shape index (κ1) is 21.7. The number of amides is 2. The van der Waals surface area contributed by atoms with Crippen LogP contribution >= 0.6 is 23.2 Å². The molecule has 1 aromatic rings. The summed E-state index contributed by atoms with van der Waals surface area (Å²) in [6.07, 6.45) is 2.14. The van der Waals surface area contributed by atoms with Crippen LogP contribution in [0.2, 0.25) is 10.0 Å². The van der Waals surface area contributed by atoms with Gasteiger partial charge in [0.15, 0.2) is 0 Å². The van der Waals surface area contributed by atoms with Gasteiger partial charge in [-0.05, 0) is 57.5 Å². The molecule has 0 saturated carbocycles. The van der Waals surface area contributed by atoms with E-state index in [-0.39, 0.29) is 18.5 Å². The molecule has 2 amide bonds. The van der Waals surface area contributed by atoms with Crippen LogP contribution in [0.1, 0.15) is 25.3 Å². The molecule has 2 unspecified atom stereocenters. The minimum atomic E-state index is -0.917. The zero-order valence-corrected chi connectivity index (χ0v) is 17.1. The number of carbonyl (C=O) groups is 3. The van der Waals surface area contributed by atoms with Crippen molar-refractivity contribution in [1.29, 1.82) is 0 Å². The molecule has 27 heavy (non-hydrogen) atoms. The lowest BCUT2D eigenvalue weighted by Crippen LogP contribution is -2.40. The quantitative estimate of drug-likeness (QED) is 0.369. The third kappa shape index (κ3) is 5.92. The van der Waals surface area contributed by atoms with E-state index in [1.165, 1.54) is 4.90 Å². The smallest absolute Gasteiger partial charge is 0.290 e. The summed E-state index contributed by atoms with van der Waals surface area (Å²) in [4.78, 5) is 38.0. The fraction of sp³-hybridized carbons (Fsp3) is 0.526. The van der Waals surface area contributed by atoms with Gasteiger partial charge in [-0.1, -0.05) is 29.3 Å². The van der Waals surface area contributed by atoms with E-state index in [0.717, 1.165) is 18.5 Å². The van der Waals surface area contributed by atoms with Crippen molar-refractivity contribution in [2.75, 3.05) is 26.7 Å². The second-order valence-electron chi connectivity index (χ2n) is 6.82. The first-order valence-electron chi connectivity index (χ1n) is 9.05. The number of hydrogen-bond donors (Lipinski definition) is 2. The van der Waals surface area contributed by atoms with Crippen LogP contribution in [0.5, 0.6) is 0 Å². The fourth-order valence-electron chi connectivity index (χ4n) is 3.03. The van der Waals surface area contributed by atoms with E-state index in [1.54, 1.807) is 12.1 Å². The van der Waals surface area contributed by atoms with Crippen LogP contribution in [0, 0.1) is 5.92 Å². The standard InChI is InChI=1S/C19H25Cl2N3O3/c1-12(4-5-13-6-7-15(20)16(21)10-13)23-18(26)14-11-24(9-3-8-22-2)19(27)17(14)25/h6-7,10,12,14,22H,3-5,8-9,11H2,1-2H3,(H,23,26). The van der Waals surface area contributed by atoms with Crippen molar-refractivity contribution in [2.45, 2.75) is 32.2 Å². The molecule has 0 radical (unpaired) electrons. The molecule has 0 bridgehead atoms. The van der Waals surface area contributed by atoms with Crippen LogP contribution in [-0.2, 0) is 20.8 Å². The molecule has 1 aromatic carbocycles. The number of nitrogens with one attached hydrogen (secondary N) is 2. The van der Waals surface area contributed by atoms with E-state index < -0.39 is 17.6 Å². The third-order valence-corrected chi connectivity index (χ3v) is 5.37. The Morgan fingerprint density at radius 1 is 1.30 bits per heavy atom. The summed E-state index contributed by atoms with van der Waals surface area (Å²) >= 11 is 11.9. The second kappa shape index (κ2) is 10.1. The van der Waals surface area contributed by atoms with E-state index >= 15 is 0 Å². The number of benzene rings is 1. The molecule has 1 aliphatic heterocycles. The highest BCUT2D eigenvalue weighted by molar-refractivity contribution is 6.42. The first-order valence-corrected chi connectivity index (χ1v) is 9.81. The molecule has 2 atom stereocenters. The normalized spacial score (nSPS) is 18.1. The third-order valence-electron chi connectivity index (χ3n) is 4.63. The van der Waals surface area contributed by atoms with Crippen molar-refractivity contribution < 1.29 is 14.4 Å². The van der Waals surface area contributed by atoms with Crippen molar-refractivity contribution in [1.82, 2.24) is 15.5 Å². The number of Topliss-reactive ketones (excluding diaryl/α,β-unsaturated/α-hetero) is 1. The maximum Gasteiger partial charge on any atom is 0.290 e. The van der Waals surface area contributed by atoms with Crippen LogP contribution in [0.15, 0.2) is 18.2 Å². The van der Waals surface area contributed by atoms with E-state index in [1.807, 2.05) is 20.0 Å². The largest absolute Gasteiger partial charge is 0.353 e. The van der Waals surface area contributed by atoms with E-state index in [4.69, 9.17) is 23.2 Å². The van der Waals surface area contributed by atoms with E-state index in [9.17, 15) is 14.4 Å². The Balaban J connectivity index is 1.83.